The van der Waals surface area contributed by atoms with Gasteiger partial charge in [0.05, 0.1) is 17.0 Å². The summed E-state index contributed by atoms with van der Waals surface area (Å²) in [7, 11) is 0. The summed E-state index contributed by atoms with van der Waals surface area (Å²) in [5, 5.41) is 2.73. The molecule has 0 spiro atoms. The number of fused-ring (bicyclic) bond motifs is 2. The fraction of sp³-hybridized carbons (Fsp3) is 0.0385. The topological polar surface area (TPSA) is 72.6 Å². The third-order valence-corrected chi connectivity index (χ3v) is 6.33. The summed E-state index contributed by atoms with van der Waals surface area (Å²) in [6, 6.07) is 23.1. The first kappa shape index (κ1) is 19.5. The van der Waals surface area contributed by atoms with Gasteiger partial charge in [-0.15, -0.1) is 11.3 Å². The highest BCUT2D eigenvalue weighted by Crippen LogP contribution is 2.42. The molecule has 1 aliphatic rings. The van der Waals surface area contributed by atoms with Crippen LogP contribution in [0.4, 0.5) is 5.13 Å². The number of para-hydroxylation sites is 2. The van der Waals surface area contributed by atoms with Crippen LogP contribution in [0.3, 0.4) is 0 Å². The third-order valence-electron chi connectivity index (χ3n) is 5.56. The SMILES string of the molecule is O=C1c2oc3ccccc3c(=O)c2[C@@H](c2cccc(Oc3ccccc3)c2)N1c1nccs1. The standard InChI is InChI=1S/C26H16N2O4S/c29-23-19-11-4-5-12-20(19)32-24-21(23)22(28(25(24)30)26-27-13-14-33-26)16-7-6-10-18(15-16)31-17-8-2-1-3-9-17/h1-15,22H/t22-/m1/s1. The van der Waals surface area contributed by atoms with E-state index in [1.807, 2.05) is 54.6 Å². The minimum atomic E-state index is -0.682. The van der Waals surface area contributed by atoms with Crippen LogP contribution in [0, 0.1) is 0 Å². The van der Waals surface area contributed by atoms with Gasteiger partial charge in [-0.2, -0.15) is 0 Å². The van der Waals surface area contributed by atoms with E-state index >= 15 is 0 Å². The fourth-order valence-corrected chi connectivity index (χ4v) is 4.81. The predicted octanol–water partition coefficient (Wildman–Crippen LogP) is 5.79. The number of benzene rings is 3. The Labute approximate surface area is 192 Å². The highest BCUT2D eigenvalue weighted by Gasteiger charge is 2.44. The molecule has 1 atom stereocenters. The van der Waals surface area contributed by atoms with Gasteiger partial charge < -0.3 is 9.15 Å². The van der Waals surface area contributed by atoms with Crippen LogP contribution in [0.1, 0.15) is 27.7 Å². The number of nitrogens with zero attached hydrogens (tertiary/aromatic N) is 2. The summed E-state index contributed by atoms with van der Waals surface area (Å²) in [6.07, 6.45) is 1.63. The molecule has 5 aromatic rings. The summed E-state index contributed by atoms with van der Waals surface area (Å²) in [5.41, 5.74) is 1.20. The molecule has 0 unspecified atom stereocenters. The summed E-state index contributed by atoms with van der Waals surface area (Å²) >= 11 is 1.33. The van der Waals surface area contributed by atoms with E-state index in [1.54, 1.807) is 35.8 Å². The second-order valence-electron chi connectivity index (χ2n) is 7.55. The van der Waals surface area contributed by atoms with Crippen molar-refractivity contribution < 1.29 is 13.9 Å². The Morgan fingerprint density at radius 2 is 1.70 bits per heavy atom. The molecule has 0 radical (unpaired) electrons. The Morgan fingerprint density at radius 1 is 0.909 bits per heavy atom. The van der Waals surface area contributed by atoms with Gasteiger partial charge in [0.1, 0.15) is 17.1 Å². The minimum absolute atomic E-state index is 0.0493. The average Bonchev–Trinajstić information content (AvgIpc) is 3.47. The summed E-state index contributed by atoms with van der Waals surface area (Å²) < 4.78 is 12.0. The first-order valence-electron chi connectivity index (χ1n) is 10.3. The monoisotopic (exact) mass is 452 g/mol. The Hall–Kier alpha value is -4.23. The van der Waals surface area contributed by atoms with Crippen molar-refractivity contribution in [3.63, 3.8) is 0 Å². The first-order chi connectivity index (χ1) is 16.2. The Morgan fingerprint density at radius 3 is 2.52 bits per heavy atom. The maximum atomic E-state index is 13.6. The van der Waals surface area contributed by atoms with Gasteiger partial charge in [0.25, 0.3) is 5.91 Å². The average molecular weight is 452 g/mol. The molecule has 0 fully saturated rings. The molecule has 7 heteroatoms. The van der Waals surface area contributed by atoms with Crippen LogP contribution in [0.15, 0.2) is 99.7 Å². The number of ether oxygens (including phenoxy) is 1. The molecular formula is C26H16N2O4S. The van der Waals surface area contributed by atoms with Gasteiger partial charge in [0.2, 0.25) is 5.76 Å². The number of rotatable bonds is 4. The highest BCUT2D eigenvalue weighted by molar-refractivity contribution is 7.13. The van der Waals surface area contributed by atoms with Crippen molar-refractivity contribution in [2.45, 2.75) is 6.04 Å². The van der Waals surface area contributed by atoms with Gasteiger partial charge in [-0.25, -0.2) is 4.98 Å². The van der Waals surface area contributed by atoms with Crippen LogP contribution >= 0.6 is 11.3 Å². The number of anilines is 1. The van der Waals surface area contributed by atoms with Crippen molar-refractivity contribution in [3.8, 4) is 11.5 Å². The maximum Gasteiger partial charge on any atom is 0.297 e. The smallest absolute Gasteiger partial charge is 0.297 e. The number of hydrogen-bond donors (Lipinski definition) is 0. The largest absolute Gasteiger partial charge is 0.457 e. The molecule has 0 aliphatic carbocycles. The number of aromatic nitrogens is 1. The van der Waals surface area contributed by atoms with E-state index in [0.717, 1.165) is 5.56 Å². The van der Waals surface area contributed by atoms with Crippen molar-refractivity contribution >= 4 is 33.3 Å². The highest BCUT2D eigenvalue weighted by atomic mass is 32.1. The lowest BCUT2D eigenvalue weighted by molar-refractivity contribution is 0.0971. The van der Waals surface area contributed by atoms with Gasteiger partial charge in [0.15, 0.2) is 10.6 Å². The van der Waals surface area contributed by atoms with E-state index < -0.39 is 6.04 Å². The van der Waals surface area contributed by atoms with E-state index in [-0.39, 0.29) is 17.1 Å². The number of carbonyl (C=O) groups excluding carboxylic acids is 1. The Bertz CT molecular complexity index is 1540. The molecule has 3 aromatic carbocycles. The fourth-order valence-electron chi connectivity index (χ4n) is 4.14. The summed E-state index contributed by atoms with van der Waals surface area (Å²) in [4.78, 5) is 32.9. The molecule has 0 saturated heterocycles. The molecule has 1 amide bonds. The molecule has 0 bridgehead atoms. The van der Waals surface area contributed by atoms with E-state index in [1.165, 1.54) is 16.2 Å². The van der Waals surface area contributed by atoms with Crippen molar-refractivity contribution in [2.24, 2.45) is 0 Å². The van der Waals surface area contributed by atoms with Crippen LogP contribution in [0.2, 0.25) is 0 Å². The molecule has 2 aromatic heterocycles. The normalized spacial score (nSPS) is 15.1. The Balaban J connectivity index is 1.54. The number of carbonyl (C=O) groups is 1. The van der Waals surface area contributed by atoms with Crippen LogP contribution in [0.5, 0.6) is 11.5 Å². The zero-order valence-corrected chi connectivity index (χ0v) is 18.0. The lowest BCUT2D eigenvalue weighted by Crippen LogP contribution is -2.29. The molecule has 1 aliphatic heterocycles. The molecule has 0 N–H and O–H groups in total. The molecule has 160 valence electrons. The molecule has 0 saturated carbocycles. The van der Waals surface area contributed by atoms with E-state index in [9.17, 15) is 9.59 Å². The second-order valence-corrected chi connectivity index (χ2v) is 8.42. The number of amides is 1. The maximum absolute atomic E-state index is 13.6. The van der Waals surface area contributed by atoms with Gasteiger partial charge in [0, 0.05) is 11.6 Å². The molecule has 6 nitrogen and oxygen atoms in total. The van der Waals surface area contributed by atoms with E-state index in [0.29, 0.717) is 33.2 Å². The zero-order chi connectivity index (χ0) is 22.4. The predicted molar refractivity (Wildman–Crippen MR) is 126 cm³/mol. The van der Waals surface area contributed by atoms with Crippen molar-refractivity contribution in [2.75, 3.05) is 4.90 Å². The lowest BCUT2D eigenvalue weighted by Gasteiger charge is -2.23. The van der Waals surface area contributed by atoms with Crippen molar-refractivity contribution in [3.05, 3.63) is 118 Å². The molecular weight excluding hydrogens is 436 g/mol. The summed E-state index contributed by atoms with van der Waals surface area (Å²) in [6.45, 7) is 0. The first-order valence-corrected chi connectivity index (χ1v) is 11.2. The van der Waals surface area contributed by atoms with Gasteiger partial charge >= 0.3 is 0 Å². The van der Waals surface area contributed by atoms with E-state index in [2.05, 4.69) is 4.98 Å². The quantitative estimate of drug-likeness (QED) is 0.345. The molecule has 3 heterocycles. The van der Waals surface area contributed by atoms with Crippen LogP contribution in [0.25, 0.3) is 11.0 Å². The van der Waals surface area contributed by atoms with Gasteiger partial charge in [-0.1, -0.05) is 42.5 Å². The van der Waals surface area contributed by atoms with Crippen molar-refractivity contribution in [1.29, 1.82) is 0 Å². The molecule has 33 heavy (non-hydrogen) atoms. The van der Waals surface area contributed by atoms with Gasteiger partial charge in [-0.3, -0.25) is 14.5 Å². The van der Waals surface area contributed by atoms with Crippen molar-refractivity contribution in [1.82, 2.24) is 4.98 Å². The van der Waals surface area contributed by atoms with E-state index in [4.69, 9.17) is 9.15 Å². The lowest BCUT2D eigenvalue weighted by atomic mass is 9.98. The second kappa shape index (κ2) is 7.72. The van der Waals surface area contributed by atoms with Crippen LogP contribution < -0.4 is 15.1 Å². The van der Waals surface area contributed by atoms with Crippen LogP contribution in [-0.4, -0.2) is 10.9 Å². The summed E-state index contributed by atoms with van der Waals surface area (Å²) in [5.74, 6) is 0.958. The third kappa shape index (κ3) is 3.21. The number of hydrogen-bond acceptors (Lipinski definition) is 6. The van der Waals surface area contributed by atoms with Gasteiger partial charge in [-0.05, 0) is 42.0 Å². The zero-order valence-electron chi connectivity index (χ0n) is 17.2. The number of thiazole rings is 1. The minimum Gasteiger partial charge on any atom is -0.457 e. The van der Waals surface area contributed by atoms with Crippen LogP contribution in [-0.2, 0) is 0 Å². The Kier molecular flexibility index (Phi) is 4.55. The molecule has 6 rings (SSSR count).